The first-order valence-electron chi connectivity index (χ1n) is 7.71. The molecule has 2 aromatic heterocycles. The van der Waals surface area contributed by atoms with E-state index in [1.165, 1.54) is 17.0 Å². The molecule has 2 aromatic carbocycles. The number of rotatable bonds is 3. The minimum Gasteiger partial charge on any atom is -0.322 e. The summed E-state index contributed by atoms with van der Waals surface area (Å²) in [4.78, 5) is 19.0. The van der Waals surface area contributed by atoms with Crippen molar-refractivity contribution in [3.63, 3.8) is 0 Å². The Balaban J connectivity index is 1.62. The SMILES string of the molecule is Cc1cn2cc(-c3cccc(NC(=O)c4ccccc4F)c3)nc2s1. The number of carbonyl (C=O) groups excluding carboxylic acids is 1. The molecule has 0 atom stereocenters. The van der Waals surface area contributed by atoms with E-state index in [9.17, 15) is 9.18 Å². The Morgan fingerprint density at radius 1 is 1.16 bits per heavy atom. The van der Waals surface area contributed by atoms with Gasteiger partial charge in [0.05, 0.1) is 11.3 Å². The number of nitrogens with one attached hydrogen (secondary N) is 1. The molecule has 2 heterocycles. The first-order valence-corrected chi connectivity index (χ1v) is 8.53. The Morgan fingerprint density at radius 2 is 2.00 bits per heavy atom. The second-order valence-electron chi connectivity index (χ2n) is 5.67. The fraction of sp³-hybridized carbons (Fsp3) is 0.0526. The van der Waals surface area contributed by atoms with Crippen LogP contribution in [0.1, 0.15) is 15.2 Å². The number of aryl methyl sites for hydroxylation is 1. The van der Waals surface area contributed by atoms with Crippen LogP contribution in [0.15, 0.2) is 60.9 Å². The number of fused-ring (bicyclic) bond motifs is 1. The molecule has 0 radical (unpaired) electrons. The summed E-state index contributed by atoms with van der Waals surface area (Å²) in [6.07, 6.45) is 3.98. The molecule has 0 saturated heterocycles. The Hall–Kier alpha value is -2.99. The van der Waals surface area contributed by atoms with Gasteiger partial charge in [-0.15, -0.1) is 11.3 Å². The van der Waals surface area contributed by atoms with Gasteiger partial charge in [-0.3, -0.25) is 9.20 Å². The van der Waals surface area contributed by atoms with Gasteiger partial charge in [0.15, 0.2) is 4.96 Å². The lowest BCUT2D eigenvalue weighted by Gasteiger charge is -2.07. The van der Waals surface area contributed by atoms with E-state index in [1.54, 1.807) is 29.5 Å². The number of halogens is 1. The highest BCUT2D eigenvalue weighted by molar-refractivity contribution is 7.17. The van der Waals surface area contributed by atoms with Crippen molar-refractivity contribution in [3.05, 3.63) is 77.2 Å². The van der Waals surface area contributed by atoms with Crippen LogP contribution in [-0.2, 0) is 0 Å². The predicted octanol–water partition coefficient (Wildman–Crippen LogP) is 4.76. The number of carbonyl (C=O) groups is 1. The lowest BCUT2D eigenvalue weighted by molar-refractivity contribution is 0.102. The van der Waals surface area contributed by atoms with Crippen LogP contribution >= 0.6 is 11.3 Å². The lowest BCUT2D eigenvalue weighted by atomic mass is 10.1. The van der Waals surface area contributed by atoms with E-state index in [1.807, 2.05) is 41.9 Å². The second-order valence-corrected chi connectivity index (χ2v) is 6.89. The zero-order chi connectivity index (χ0) is 17.4. The molecule has 0 aliphatic heterocycles. The molecule has 0 bridgehead atoms. The maximum atomic E-state index is 13.7. The molecule has 0 saturated carbocycles. The first-order chi connectivity index (χ1) is 12.1. The molecule has 0 fully saturated rings. The smallest absolute Gasteiger partial charge is 0.258 e. The van der Waals surface area contributed by atoms with Crippen LogP contribution in [0.4, 0.5) is 10.1 Å². The van der Waals surface area contributed by atoms with E-state index in [4.69, 9.17) is 0 Å². The zero-order valence-electron chi connectivity index (χ0n) is 13.4. The average molecular weight is 351 g/mol. The van der Waals surface area contributed by atoms with Crippen LogP contribution in [0, 0.1) is 12.7 Å². The molecule has 1 amide bonds. The van der Waals surface area contributed by atoms with E-state index < -0.39 is 11.7 Å². The van der Waals surface area contributed by atoms with Gasteiger partial charge in [0.1, 0.15) is 5.82 Å². The van der Waals surface area contributed by atoms with E-state index in [-0.39, 0.29) is 5.56 Å². The Bertz CT molecular complexity index is 1050. The quantitative estimate of drug-likeness (QED) is 0.578. The maximum absolute atomic E-state index is 13.7. The highest BCUT2D eigenvalue weighted by Gasteiger charge is 2.12. The summed E-state index contributed by atoms with van der Waals surface area (Å²) in [5.74, 6) is -1.02. The summed E-state index contributed by atoms with van der Waals surface area (Å²) in [7, 11) is 0. The van der Waals surface area contributed by atoms with Gasteiger partial charge in [-0.2, -0.15) is 0 Å². The summed E-state index contributed by atoms with van der Waals surface area (Å²) in [5.41, 5.74) is 2.33. The Kier molecular flexibility index (Phi) is 3.82. The van der Waals surface area contributed by atoms with Crippen molar-refractivity contribution in [2.75, 3.05) is 5.32 Å². The molecule has 1 N–H and O–H groups in total. The highest BCUT2D eigenvalue weighted by Crippen LogP contribution is 2.25. The summed E-state index contributed by atoms with van der Waals surface area (Å²) in [6.45, 7) is 2.04. The first kappa shape index (κ1) is 15.5. The van der Waals surface area contributed by atoms with E-state index in [0.717, 1.165) is 16.2 Å². The largest absolute Gasteiger partial charge is 0.322 e. The number of hydrogen-bond donors (Lipinski definition) is 1. The van der Waals surface area contributed by atoms with Crippen LogP contribution in [-0.4, -0.2) is 15.3 Å². The summed E-state index contributed by atoms with van der Waals surface area (Å²) in [6, 6.07) is 13.3. The van der Waals surface area contributed by atoms with Crippen molar-refractivity contribution in [1.29, 1.82) is 0 Å². The van der Waals surface area contributed by atoms with Crippen molar-refractivity contribution in [2.45, 2.75) is 6.92 Å². The second kappa shape index (κ2) is 6.14. The van der Waals surface area contributed by atoms with Crippen LogP contribution in [0.5, 0.6) is 0 Å². The summed E-state index contributed by atoms with van der Waals surface area (Å²) in [5, 5.41) is 2.73. The van der Waals surface area contributed by atoms with Gasteiger partial charge in [0.2, 0.25) is 0 Å². The van der Waals surface area contributed by atoms with Gasteiger partial charge in [-0.25, -0.2) is 9.37 Å². The highest BCUT2D eigenvalue weighted by atomic mass is 32.1. The van der Waals surface area contributed by atoms with Gasteiger partial charge in [-0.05, 0) is 31.2 Å². The Labute approximate surface area is 147 Å². The fourth-order valence-electron chi connectivity index (χ4n) is 2.65. The number of imidazole rings is 1. The van der Waals surface area contributed by atoms with Gasteiger partial charge in [-0.1, -0.05) is 24.3 Å². The van der Waals surface area contributed by atoms with E-state index in [0.29, 0.717) is 5.69 Å². The monoisotopic (exact) mass is 351 g/mol. The van der Waals surface area contributed by atoms with Crippen molar-refractivity contribution in [2.24, 2.45) is 0 Å². The number of nitrogens with zero attached hydrogens (tertiary/aromatic N) is 2. The van der Waals surface area contributed by atoms with Crippen molar-refractivity contribution >= 4 is 27.9 Å². The maximum Gasteiger partial charge on any atom is 0.258 e. The van der Waals surface area contributed by atoms with E-state index in [2.05, 4.69) is 10.3 Å². The number of aromatic nitrogens is 2. The molecule has 124 valence electrons. The number of anilines is 1. The van der Waals surface area contributed by atoms with Crippen molar-refractivity contribution < 1.29 is 9.18 Å². The molecule has 4 rings (SSSR count). The van der Waals surface area contributed by atoms with Crippen LogP contribution in [0.2, 0.25) is 0 Å². The molecule has 4 nitrogen and oxygen atoms in total. The summed E-state index contributed by atoms with van der Waals surface area (Å²) >= 11 is 1.62. The van der Waals surface area contributed by atoms with Gasteiger partial charge in [0.25, 0.3) is 5.91 Å². The van der Waals surface area contributed by atoms with Gasteiger partial charge in [0, 0.05) is 28.5 Å². The predicted molar refractivity (Wildman–Crippen MR) is 97.6 cm³/mol. The third-order valence-electron chi connectivity index (χ3n) is 3.81. The minimum atomic E-state index is -0.541. The van der Waals surface area contributed by atoms with Crippen molar-refractivity contribution in [3.8, 4) is 11.3 Å². The molecule has 4 aromatic rings. The van der Waals surface area contributed by atoms with Crippen LogP contribution in [0.3, 0.4) is 0 Å². The topological polar surface area (TPSA) is 46.4 Å². The standard InChI is InChI=1S/C19H14FN3OS/c1-12-10-23-11-17(22-19(23)25-12)13-5-4-6-14(9-13)21-18(24)15-7-2-3-8-16(15)20/h2-11H,1H3,(H,21,24). The third-order valence-corrected chi connectivity index (χ3v) is 4.72. The Morgan fingerprint density at radius 3 is 2.80 bits per heavy atom. The summed E-state index contributed by atoms with van der Waals surface area (Å²) < 4.78 is 15.7. The van der Waals surface area contributed by atoms with Crippen LogP contribution in [0.25, 0.3) is 16.2 Å². The van der Waals surface area contributed by atoms with E-state index >= 15 is 0 Å². The molecule has 0 spiro atoms. The minimum absolute atomic E-state index is 0.0193. The average Bonchev–Trinajstić information content (AvgIpc) is 3.13. The molecule has 6 heteroatoms. The number of hydrogen-bond acceptors (Lipinski definition) is 3. The van der Waals surface area contributed by atoms with Gasteiger partial charge < -0.3 is 5.32 Å². The van der Waals surface area contributed by atoms with Crippen molar-refractivity contribution in [1.82, 2.24) is 9.38 Å². The normalized spacial score (nSPS) is 11.0. The number of thiazole rings is 1. The molecule has 0 aliphatic rings. The molecule has 0 unspecified atom stereocenters. The molecular formula is C19H14FN3OS. The number of amides is 1. The van der Waals surface area contributed by atoms with Crippen LogP contribution < -0.4 is 5.32 Å². The molecular weight excluding hydrogens is 337 g/mol. The zero-order valence-corrected chi connectivity index (χ0v) is 14.2. The molecule has 25 heavy (non-hydrogen) atoms. The fourth-order valence-corrected chi connectivity index (χ4v) is 3.46. The van der Waals surface area contributed by atoms with Gasteiger partial charge >= 0.3 is 0 Å². The number of benzene rings is 2. The molecule has 0 aliphatic carbocycles. The lowest BCUT2D eigenvalue weighted by Crippen LogP contribution is -2.13. The third kappa shape index (κ3) is 3.04.